The minimum Gasteiger partial charge on any atom is -0.350 e. The van der Waals surface area contributed by atoms with E-state index in [4.69, 9.17) is 11.6 Å². The molecule has 0 bridgehead atoms. The number of thioether (sulfide) groups is 1. The summed E-state index contributed by atoms with van der Waals surface area (Å²) >= 11 is 7.40. The molecule has 0 spiro atoms. The van der Waals surface area contributed by atoms with E-state index in [2.05, 4.69) is 11.4 Å². The van der Waals surface area contributed by atoms with E-state index in [1.54, 1.807) is 24.3 Å². The molecule has 1 aliphatic rings. The second kappa shape index (κ2) is 8.61. The number of aryl methyl sites for hydroxylation is 3. The summed E-state index contributed by atoms with van der Waals surface area (Å²) in [5.41, 5.74) is 4.74. The Morgan fingerprint density at radius 3 is 2.13 bits per heavy atom. The average molecular weight is 449 g/mol. The first-order valence-electron chi connectivity index (χ1n) is 9.80. The number of nitrogens with one attached hydrogen (secondary N) is 1. The number of rotatable bonds is 5. The molecule has 4 nitrogen and oxygen atoms in total. The van der Waals surface area contributed by atoms with Crippen LogP contribution in [0, 0.1) is 20.8 Å². The normalized spacial score (nSPS) is 13.9. The van der Waals surface area contributed by atoms with Crippen molar-refractivity contribution < 1.29 is 9.59 Å². The molecule has 6 heteroatoms. The molecular formula is C25H21ClN2O2S. The lowest BCUT2D eigenvalue weighted by molar-refractivity contribution is -0.120. The standard InChI is InChI=1S/C25H21ClN2O2S/c1-15-7-9-21(10-8-15)31-23-22(27-19-12-16(2)11-17(3)13-19)24(29)28(25(23)30)20-6-4-5-18(26)14-20/h4-14,27H,1-3H3. The molecule has 0 aliphatic carbocycles. The van der Waals surface area contributed by atoms with Crippen molar-refractivity contribution in [2.24, 2.45) is 0 Å². The Morgan fingerprint density at radius 2 is 1.48 bits per heavy atom. The van der Waals surface area contributed by atoms with Crippen LogP contribution in [0.4, 0.5) is 11.4 Å². The predicted molar refractivity (Wildman–Crippen MR) is 128 cm³/mol. The zero-order chi connectivity index (χ0) is 22.1. The molecule has 4 rings (SSSR count). The summed E-state index contributed by atoms with van der Waals surface area (Å²) in [6, 6.07) is 20.6. The molecule has 3 aromatic rings. The summed E-state index contributed by atoms with van der Waals surface area (Å²) in [6.45, 7) is 5.99. The van der Waals surface area contributed by atoms with Gasteiger partial charge in [-0.3, -0.25) is 9.59 Å². The maximum Gasteiger partial charge on any atom is 0.283 e. The number of carbonyl (C=O) groups is 2. The van der Waals surface area contributed by atoms with Gasteiger partial charge in [0.2, 0.25) is 0 Å². The van der Waals surface area contributed by atoms with Crippen LogP contribution in [-0.4, -0.2) is 11.8 Å². The molecule has 0 radical (unpaired) electrons. The van der Waals surface area contributed by atoms with Crippen molar-refractivity contribution in [1.82, 2.24) is 0 Å². The molecule has 156 valence electrons. The van der Waals surface area contributed by atoms with Gasteiger partial charge in [-0.1, -0.05) is 53.2 Å². The Bertz CT molecular complexity index is 1200. The Morgan fingerprint density at radius 1 is 0.806 bits per heavy atom. The third kappa shape index (κ3) is 4.53. The number of hydrogen-bond acceptors (Lipinski definition) is 4. The van der Waals surface area contributed by atoms with Crippen LogP contribution < -0.4 is 10.2 Å². The van der Waals surface area contributed by atoms with Crippen molar-refractivity contribution >= 4 is 46.6 Å². The molecule has 3 aromatic carbocycles. The zero-order valence-electron chi connectivity index (χ0n) is 17.4. The number of halogens is 1. The van der Waals surface area contributed by atoms with Crippen LogP contribution in [0.3, 0.4) is 0 Å². The van der Waals surface area contributed by atoms with E-state index < -0.39 is 5.91 Å². The van der Waals surface area contributed by atoms with Crippen LogP contribution in [0.2, 0.25) is 5.02 Å². The highest BCUT2D eigenvalue weighted by Gasteiger charge is 2.40. The first-order chi connectivity index (χ1) is 14.8. The molecule has 0 atom stereocenters. The van der Waals surface area contributed by atoms with Crippen LogP contribution in [-0.2, 0) is 9.59 Å². The van der Waals surface area contributed by atoms with Gasteiger partial charge in [-0.2, -0.15) is 0 Å². The fraction of sp³-hybridized carbons (Fsp3) is 0.120. The van der Waals surface area contributed by atoms with Gasteiger partial charge >= 0.3 is 0 Å². The van der Waals surface area contributed by atoms with Gasteiger partial charge in [0, 0.05) is 15.6 Å². The molecule has 0 saturated heterocycles. The minimum absolute atomic E-state index is 0.264. The fourth-order valence-electron chi connectivity index (χ4n) is 3.48. The zero-order valence-corrected chi connectivity index (χ0v) is 19.0. The van der Waals surface area contributed by atoms with Crippen molar-refractivity contribution in [1.29, 1.82) is 0 Å². The quantitative estimate of drug-likeness (QED) is 0.468. The van der Waals surface area contributed by atoms with Crippen LogP contribution in [0.1, 0.15) is 16.7 Å². The Balaban J connectivity index is 1.77. The second-order valence-corrected chi connectivity index (χ2v) is 9.07. The average Bonchev–Trinajstić information content (AvgIpc) is 2.93. The van der Waals surface area contributed by atoms with Crippen LogP contribution in [0.15, 0.2) is 82.2 Å². The van der Waals surface area contributed by atoms with Gasteiger partial charge in [0.15, 0.2) is 0 Å². The lowest BCUT2D eigenvalue weighted by Crippen LogP contribution is -2.32. The van der Waals surface area contributed by atoms with Crippen molar-refractivity contribution in [2.75, 3.05) is 10.2 Å². The summed E-state index contributed by atoms with van der Waals surface area (Å²) in [7, 11) is 0. The molecule has 1 aliphatic heterocycles. The predicted octanol–water partition coefficient (Wildman–Crippen LogP) is 6.25. The van der Waals surface area contributed by atoms with Gasteiger partial charge in [-0.15, -0.1) is 0 Å². The third-order valence-corrected chi connectivity index (χ3v) is 6.17. The Hall–Kier alpha value is -3.02. The van der Waals surface area contributed by atoms with Gasteiger partial charge in [-0.25, -0.2) is 4.90 Å². The number of benzene rings is 3. The first-order valence-corrected chi connectivity index (χ1v) is 11.0. The fourth-order valence-corrected chi connectivity index (χ4v) is 4.59. The highest BCUT2D eigenvalue weighted by atomic mass is 35.5. The summed E-state index contributed by atoms with van der Waals surface area (Å²) in [5.74, 6) is -0.772. The van der Waals surface area contributed by atoms with E-state index in [1.807, 2.05) is 57.2 Å². The van der Waals surface area contributed by atoms with Crippen LogP contribution in [0.5, 0.6) is 0 Å². The summed E-state index contributed by atoms with van der Waals surface area (Å²) in [6.07, 6.45) is 0. The van der Waals surface area contributed by atoms with E-state index in [0.717, 1.165) is 27.3 Å². The smallest absolute Gasteiger partial charge is 0.283 e. The summed E-state index contributed by atoms with van der Waals surface area (Å²) in [5, 5.41) is 3.67. The molecule has 2 amide bonds. The summed E-state index contributed by atoms with van der Waals surface area (Å²) in [4.78, 5) is 29.2. The number of amides is 2. The lowest BCUT2D eigenvalue weighted by Gasteiger charge is -2.15. The molecule has 1 N–H and O–H groups in total. The topological polar surface area (TPSA) is 49.4 Å². The largest absolute Gasteiger partial charge is 0.350 e. The van der Waals surface area contributed by atoms with E-state index in [1.165, 1.54) is 16.7 Å². The van der Waals surface area contributed by atoms with Crippen LogP contribution >= 0.6 is 23.4 Å². The van der Waals surface area contributed by atoms with Gasteiger partial charge in [0.1, 0.15) is 10.6 Å². The van der Waals surface area contributed by atoms with E-state index in [-0.39, 0.29) is 11.6 Å². The molecule has 0 saturated carbocycles. The number of hydrogen-bond donors (Lipinski definition) is 1. The number of imide groups is 1. The molecule has 0 unspecified atom stereocenters. The molecular weight excluding hydrogens is 428 g/mol. The van der Waals surface area contributed by atoms with Gasteiger partial charge in [0.05, 0.1) is 5.69 Å². The lowest BCUT2D eigenvalue weighted by atomic mass is 10.1. The second-order valence-electron chi connectivity index (χ2n) is 7.55. The monoisotopic (exact) mass is 448 g/mol. The molecule has 0 aromatic heterocycles. The van der Waals surface area contributed by atoms with Crippen molar-refractivity contribution in [3.8, 4) is 0 Å². The minimum atomic E-state index is -0.402. The van der Waals surface area contributed by atoms with E-state index in [0.29, 0.717) is 15.6 Å². The van der Waals surface area contributed by atoms with Crippen molar-refractivity contribution in [2.45, 2.75) is 25.7 Å². The Kier molecular flexibility index (Phi) is 5.90. The SMILES string of the molecule is Cc1ccc(SC2=C(Nc3cc(C)cc(C)c3)C(=O)N(c3cccc(Cl)c3)C2=O)cc1. The van der Waals surface area contributed by atoms with Crippen molar-refractivity contribution in [3.63, 3.8) is 0 Å². The third-order valence-electron chi connectivity index (χ3n) is 4.84. The van der Waals surface area contributed by atoms with Gasteiger partial charge in [0.25, 0.3) is 11.8 Å². The molecule has 1 heterocycles. The molecule has 0 fully saturated rings. The van der Waals surface area contributed by atoms with Crippen LogP contribution in [0.25, 0.3) is 0 Å². The highest BCUT2D eigenvalue weighted by molar-refractivity contribution is 8.04. The van der Waals surface area contributed by atoms with Crippen molar-refractivity contribution in [3.05, 3.63) is 99.0 Å². The first kappa shape index (κ1) is 21.2. The number of nitrogens with zero attached hydrogens (tertiary/aromatic N) is 1. The van der Waals surface area contributed by atoms with E-state index >= 15 is 0 Å². The molecule has 31 heavy (non-hydrogen) atoms. The van der Waals surface area contributed by atoms with Gasteiger partial charge in [-0.05, 0) is 74.4 Å². The summed E-state index contributed by atoms with van der Waals surface area (Å²) < 4.78 is 0. The number of anilines is 2. The number of carbonyl (C=O) groups excluding carboxylic acids is 2. The maximum absolute atomic E-state index is 13.4. The Labute approximate surface area is 190 Å². The van der Waals surface area contributed by atoms with E-state index in [9.17, 15) is 9.59 Å². The maximum atomic E-state index is 13.4. The van der Waals surface area contributed by atoms with Gasteiger partial charge < -0.3 is 5.32 Å². The highest BCUT2D eigenvalue weighted by Crippen LogP contribution is 2.38.